The zero-order valence-electron chi connectivity index (χ0n) is 15.3. The molecular weight excluding hydrogens is 374 g/mol. The minimum atomic E-state index is -0.339. The predicted molar refractivity (Wildman–Crippen MR) is 108 cm³/mol. The van der Waals surface area contributed by atoms with Gasteiger partial charge in [-0.1, -0.05) is 36.0 Å². The van der Waals surface area contributed by atoms with Crippen molar-refractivity contribution in [1.82, 2.24) is 4.90 Å². The number of ether oxygens (including phenoxy) is 1. The Hall–Kier alpha value is -3.11. The van der Waals surface area contributed by atoms with Crippen LogP contribution in [0.25, 0.3) is 0 Å². The highest BCUT2D eigenvalue weighted by molar-refractivity contribution is 8.03. The lowest BCUT2D eigenvalue weighted by Gasteiger charge is -2.42. The van der Waals surface area contributed by atoms with Crippen LogP contribution in [-0.2, 0) is 4.79 Å². The number of carbonyl (C=O) groups is 1. The van der Waals surface area contributed by atoms with Gasteiger partial charge >= 0.3 is 0 Å². The molecule has 2 aromatic carbocycles. The average Bonchev–Trinajstić information content (AvgIpc) is 2.74. The number of thioether (sulfide) groups is 1. The smallest absolute Gasteiger partial charge is 0.229 e. The van der Waals surface area contributed by atoms with Gasteiger partial charge in [0, 0.05) is 18.0 Å². The van der Waals surface area contributed by atoms with Crippen molar-refractivity contribution in [3.05, 3.63) is 64.7 Å². The molecule has 4 rings (SSSR count). The maximum Gasteiger partial charge on any atom is 0.229 e. The summed E-state index contributed by atoms with van der Waals surface area (Å²) in [6.45, 7) is 0.433. The SMILES string of the molecule is COc1cc(C2CC(=O)N3CN(c4ccccc4)CSC3=C2C#N)ccc1O. The zero-order valence-corrected chi connectivity index (χ0v) is 16.1. The lowest BCUT2D eigenvalue weighted by atomic mass is 9.86. The van der Waals surface area contributed by atoms with E-state index in [2.05, 4.69) is 11.0 Å². The molecule has 7 heteroatoms. The Kier molecular flexibility index (Phi) is 4.88. The van der Waals surface area contributed by atoms with Crippen molar-refractivity contribution in [3.63, 3.8) is 0 Å². The lowest BCUT2D eigenvalue weighted by Crippen LogP contribution is -2.47. The van der Waals surface area contributed by atoms with E-state index in [0.29, 0.717) is 23.9 Å². The molecule has 0 radical (unpaired) electrons. The number of fused-ring (bicyclic) bond motifs is 1. The second kappa shape index (κ2) is 7.49. The first-order valence-electron chi connectivity index (χ1n) is 8.86. The molecule has 1 unspecified atom stereocenters. The lowest BCUT2D eigenvalue weighted by molar-refractivity contribution is -0.129. The van der Waals surface area contributed by atoms with Crippen LogP contribution in [0.15, 0.2) is 59.1 Å². The van der Waals surface area contributed by atoms with Gasteiger partial charge in [-0.2, -0.15) is 5.26 Å². The molecule has 0 saturated carbocycles. The number of hydrogen-bond acceptors (Lipinski definition) is 6. The molecule has 2 aliphatic rings. The monoisotopic (exact) mass is 393 g/mol. The third kappa shape index (κ3) is 3.16. The minimum absolute atomic E-state index is 0.0147. The van der Waals surface area contributed by atoms with Gasteiger partial charge in [0.1, 0.15) is 0 Å². The van der Waals surface area contributed by atoms with E-state index in [0.717, 1.165) is 16.3 Å². The summed E-state index contributed by atoms with van der Waals surface area (Å²) in [5.74, 6) is 0.682. The van der Waals surface area contributed by atoms with E-state index < -0.39 is 0 Å². The molecule has 142 valence electrons. The summed E-state index contributed by atoms with van der Waals surface area (Å²) < 4.78 is 5.19. The molecule has 0 aliphatic carbocycles. The van der Waals surface area contributed by atoms with Crippen LogP contribution in [0.5, 0.6) is 11.5 Å². The fraction of sp³-hybridized carbons (Fsp3) is 0.238. The van der Waals surface area contributed by atoms with Gasteiger partial charge < -0.3 is 14.7 Å². The van der Waals surface area contributed by atoms with Crippen LogP contribution in [-0.4, -0.2) is 35.6 Å². The van der Waals surface area contributed by atoms with E-state index >= 15 is 0 Å². The van der Waals surface area contributed by atoms with Gasteiger partial charge in [-0.3, -0.25) is 9.69 Å². The van der Waals surface area contributed by atoms with Crippen LogP contribution in [0.4, 0.5) is 5.69 Å². The number of anilines is 1. The van der Waals surface area contributed by atoms with Crippen molar-refractivity contribution in [2.75, 3.05) is 24.6 Å². The molecule has 1 saturated heterocycles. The molecule has 1 amide bonds. The summed E-state index contributed by atoms with van der Waals surface area (Å²) in [7, 11) is 1.48. The summed E-state index contributed by atoms with van der Waals surface area (Å²) in [5, 5.41) is 20.4. The van der Waals surface area contributed by atoms with Crippen molar-refractivity contribution < 1.29 is 14.6 Å². The molecule has 28 heavy (non-hydrogen) atoms. The first-order valence-corrected chi connectivity index (χ1v) is 9.85. The number of aromatic hydroxyl groups is 1. The van der Waals surface area contributed by atoms with Crippen molar-refractivity contribution in [2.45, 2.75) is 12.3 Å². The largest absolute Gasteiger partial charge is 0.504 e. The third-order valence-electron chi connectivity index (χ3n) is 5.02. The van der Waals surface area contributed by atoms with E-state index in [1.54, 1.807) is 17.0 Å². The minimum Gasteiger partial charge on any atom is -0.504 e. The Bertz CT molecular complexity index is 984. The molecule has 6 nitrogen and oxygen atoms in total. The number of methoxy groups -OCH3 is 1. The molecule has 1 atom stereocenters. The van der Waals surface area contributed by atoms with E-state index in [1.807, 2.05) is 30.3 Å². The van der Waals surface area contributed by atoms with E-state index in [9.17, 15) is 15.2 Å². The van der Waals surface area contributed by atoms with Gasteiger partial charge in [-0.25, -0.2) is 0 Å². The molecule has 2 heterocycles. The Morgan fingerprint density at radius 3 is 2.75 bits per heavy atom. The quantitative estimate of drug-likeness (QED) is 0.858. The van der Waals surface area contributed by atoms with Crippen molar-refractivity contribution >= 4 is 23.4 Å². The first-order chi connectivity index (χ1) is 13.6. The van der Waals surface area contributed by atoms with Gasteiger partial charge in [-0.05, 0) is 29.8 Å². The summed E-state index contributed by atoms with van der Waals surface area (Å²) in [5.41, 5.74) is 2.42. The van der Waals surface area contributed by atoms with Crippen LogP contribution >= 0.6 is 11.8 Å². The van der Waals surface area contributed by atoms with Crippen LogP contribution < -0.4 is 9.64 Å². The molecule has 1 fully saturated rings. The predicted octanol–water partition coefficient (Wildman–Crippen LogP) is 3.62. The first kappa shape index (κ1) is 18.3. The van der Waals surface area contributed by atoms with Crippen molar-refractivity contribution in [3.8, 4) is 17.6 Å². The molecule has 2 aliphatic heterocycles. The molecule has 0 bridgehead atoms. The second-order valence-corrected chi connectivity index (χ2v) is 7.56. The maximum absolute atomic E-state index is 12.9. The number of amides is 1. The average molecular weight is 393 g/mol. The van der Waals surface area contributed by atoms with Gasteiger partial charge in [0.05, 0.1) is 36.3 Å². The molecular formula is C21H19N3O3S. The Labute approximate surface area is 167 Å². The van der Waals surface area contributed by atoms with Gasteiger partial charge in [0.25, 0.3) is 0 Å². The Morgan fingerprint density at radius 2 is 2.04 bits per heavy atom. The van der Waals surface area contributed by atoms with E-state index in [4.69, 9.17) is 4.74 Å². The number of phenolic OH excluding ortho intramolecular Hbond substituents is 1. The number of hydrogen-bond donors (Lipinski definition) is 1. The maximum atomic E-state index is 12.9. The van der Waals surface area contributed by atoms with Gasteiger partial charge in [-0.15, -0.1) is 0 Å². The van der Waals surface area contributed by atoms with E-state index in [-0.39, 0.29) is 24.0 Å². The van der Waals surface area contributed by atoms with E-state index in [1.165, 1.54) is 24.9 Å². The number of benzene rings is 2. The van der Waals surface area contributed by atoms with Crippen LogP contribution in [0.3, 0.4) is 0 Å². The highest BCUT2D eigenvalue weighted by Crippen LogP contribution is 2.44. The number of nitriles is 1. The number of para-hydroxylation sites is 1. The highest BCUT2D eigenvalue weighted by Gasteiger charge is 2.38. The summed E-state index contributed by atoms with van der Waals surface area (Å²) in [4.78, 5) is 16.8. The summed E-state index contributed by atoms with van der Waals surface area (Å²) in [6.07, 6.45) is 0.212. The van der Waals surface area contributed by atoms with Crippen molar-refractivity contribution in [2.24, 2.45) is 0 Å². The van der Waals surface area contributed by atoms with Crippen LogP contribution in [0.2, 0.25) is 0 Å². The fourth-order valence-electron chi connectivity index (χ4n) is 3.56. The number of allylic oxidation sites excluding steroid dienone is 1. The number of carbonyl (C=O) groups excluding carboxylic acids is 1. The fourth-order valence-corrected chi connectivity index (χ4v) is 4.73. The van der Waals surface area contributed by atoms with Crippen molar-refractivity contribution in [1.29, 1.82) is 5.26 Å². The molecule has 0 aromatic heterocycles. The Balaban J connectivity index is 1.68. The number of rotatable bonds is 3. The van der Waals surface area contributed by atoms with Crippen LogP contribution in [0, 0.1) is 11.3 Å². The molecule has 2 aromatic rings. The number of nitrogens with zero attached hydrogens (tertiary/aromatic N) is 3. The summed E-state index contributed by atoms with van der Waals surface area (Å²) >= 11 is 1.51. The molecule has 0 spiro atoms. The van der Waals surface area contributed by atoms with Gasteiger partial charge in [0.2, 0.25) is 5.91 Å². The standard InChI is InChI=1S/C21H19N3O3S/c1-27-19-9-14(7-8-18(19)25)16-10-20(26)24-12-23(15-5-3-2-4-6-15)13-28-21(24)17(16)11-22/h2-9,16,25H,10,12-13H2,1H3. The summed E-state index contributed by atoms with van der Waals surface area (Å²) in [6, 6.07) is 17.2. The molecule has 1 N–H and O–H groups in total. The van der Waals surface area contributed by atoms with Crippen LogP contribution in [0.1, 0.15) is 17.9 Å². The highest BCUT2D eigenvalue weighted by atomic mass is 32.2. The zero-order chi connectivity index (χ0) is 19.7. The van der Waals surface area contributed by atoms with Gasteiger partial charge in [0.15, 0.2) is 11.5 Å². The Morgan fingerprint density at radius 1 is 1.25 bits per heavy atom. The normalized spacial score (nSPS) is 19.3. The second-order valence-electron chi connectivity index (χ2n) is 6.63. The topological polar surface area (TPSA) is 76.8 Å². The third-order valence-corrected chi connectivity index (χ3v) is 6.18. The number of phenols is 1.